The number of hydrogen-bond donors (Lipinski definition) is 2. The number of benzene rings is 2. The van der Waals surface area contributed by atoms with Gasteiger partial charge in [0.1, 0.15) is 0 Å². The lowest BCUT2D eigenvalue weighted by Crippen LogP contribution is -2.14. The van der Waals surface area contributed by atoms with E-state index in [1.165, 1.54) is 17.8 Å². The molecule has 108 valence electrons. The predicted octanol–water partition coefficient (Wildman–Crippen LogP) is 3.15. The van der Waals surface area contributed by atoms with Gasteiger partial charge in [0, 0.05) is 16.5 Å². The maximum atomic E-state index is 11.0. The van der Waals surface area contributed by atoms with Gasteiger partial charge in [0.2, 0.25) is 0 Å². The lowest BCUT2D eigenvalue weighted by Gasteiger charge is -2.07. The van der Waals surface area contributed by atoms with Crippen molar-refractivity contribution < 1.29 is 10.1 Å². The Kier molecular flexibility index (Phi) is 4.44. The van der Waals surface area contributed by atoms with Crippen molar-refractivity contribution in [1.82, 2.24) is 0 Å². The SMILES string of the molecule is Cc1cc(Sc2ccccc2[N+](=O)[O-])ccc1/C(N)=N/O. The van der Waals surface area contributed by atoms with Gasteiger partial charge in [0.05, 0.1) is 9.82 Å². The lowest BCUT2D eigenvalue weighted by molar-refractivity contribution is -0.387. The minimum absolute atomic E-state index is 0.0368. The first-order chi connectivity index (χ1) is 10.0. The molecule has 0 heterocycles. The number of amidine groups is 1. The quantitative estimate of drug-likeness (QED) is 0.297. The van der Waals surface area contributed by atoms with E-state index >= 15 is 0 Å². The fraction of sp³-hybridized carbons (Fsp3) is 0.0714. The molecule has 21 heavy (non-hydrogen) atoms. The summed E-state index contributed by atoms with van der Waals surface area (Å²) in [6.45, 7) is 1.83. The normalized spacial score (nSPS) is 11.4. The van der Waals surface area contributed by atoms with Gasteiger partial charge in [-0.1, -0.05) is 29.1 Å². The van der Waals surface area contributed by atoms with E-state index in [1.807, 2.05) is 13.0 Å². The zero-order valence-corrected chi connectivity index (χ0v) is 12.0. The van der Waals surface area contributed by atoms with E-state index in [9.17, 15) is 10.1 Å². The van der Waals surface area contributed by atoms with Gasteiger partial charge in [-0.15, -0.1) is 0 Å². The third-order valence-electron chi connectivity index (χ3n) is 2.87. The first kappa shape index (κ1) is 14.9. The molecule has 2 aromatic rings. The summed E-state index contributed by atoms with van der Waals surface area (Å²) in [7, 11) is 0. The second-order valence-corrected chi connectivity index (χ2v) is 5.40. The van der Waals surface area contributed by atoms with Gasteiger partial charge in [-0.05, 0) is 36.8 Å². The standard InChI is InChI=1S/C14H13N3O3S/c1-9-8-10(6-7-11(9)14(15)16-18)21-13-5-3-2-4-12(13)17(19)20/h2-8,18H,1H3,(H2,15,16). The van der Waals surface area contributed by atoms with Gasteiger partial charge in [-0.3, -0.25) is 10.1 Å². The molecule has 0 radical (unpaired) electrons. The lowest BCUT2D eigenvalue weighted by atomic mass is 10.1. The number of nitro groups is 1. The predicted molar refractivity (Wildman–Crippen MR) is 80.9 cm³/mol. The number of oxime groups is 1. The van der Waals surface area contributed by atoms with Crippen molar-refractivity contribution in [3.63, 3.8) is 0 Å². The molecular formula is C14H13N3O3S. The van der Waals surface area contributed by atoms with Gasteiger partial charge in [0.25, 0.3) is 5.69 Å². The molecule has 0 aliphatic heterocycles. The Morgan fingerprint density at radius 2 is 2.05 bits per heavy atom. The summed E-state index contributed by atoms with van der Waals surface area (Å²) in [4.78, 5) is 12.0. The average molecular weight is 303 g/mol. The number of hydrogen-bond acceptors (Lipinski definition) is 5. The van der Waals surface area contributed by atoms with Crippen molar-refractivity contribution in [2.75, 3.05) is 0 Å². The molecule has 2 rings (SSSR count). The highest BCUT2D eigenvalue weighted by atomic mass is 32.2. The smallest absolute Gasteiger partial charge is 0.283 e. The van der Waals surface area contributed by atoms with Crippen molar-refractivity contribution in [2.45, 2.75) is 16.7 Å². The summed E-state index contributed by atoms with van der Waals surface area (Å²) in [5, 5.41) is 22.7. The zero-order chi connectivity index (χ0) is 15.4. The van der Waals surface area contributed by atoms with E-state index in [1.54, 1.807) is 30.3 Å². The van der Waals surface area contributed by atoms with Crippen LogP contribution in [-0.4, -0.2) is 16.0 Å². The van der Waals surface area contributed by atoms with Gasteiger partial charge in [-0.2, -0.15) is 0 Å². The van der Waals surface area contributed by atoms with Crippen LogP contribution in [0, 0.1) is 17.0 Å². The highest BCUT2D eigenvalue weighted by Gasteiger charge is 2.14. The topological polar surface area (TPSA) is 102 Å². The van der Waals surface area contributed by atoms with Crippen molar-refractivity contribution in [3.8, 4) is 0 Å². The summed E-state index contributed by atoms with van der Waals surface area (Å²) >= 11 is 1.30. The van der Waals surface area contributed by atoms with Crippen LogP contribution in [0.3, 0.4) is 0 Å². The van der Waals surface area contributed by atoms with Crippen LogP contribution in [0.25, 0.3) is 0 Å². The molecular weight excluding hydrogens is 290 g/mol. The van der Waals surface area contributed by atoms with Gasteiger partial charge in [0.15, 0.2) is 5.84 Å². The summed E-state index contributed by atoms with van der Waals surface area (Å²) in [6, 6.07) is 11.9. The second kappa shape index (κ2) is 6.27. The van der Waals surface area contributed by atoms with Crippen LogP contribution in [0.4, 0.5) is 5.69 Å². The first-order valence-electron chi connectivity index (χ1n) is 6.02. The highest BCUT2D eigenvalue weighted by molar-refractivity contribution is 7.99. The Labute approximate surface area is 125 Å². The Hall–Kier alpha value is -2.54. The largest absolute Gasteiger partial charge is 0.409 e. The Morgan fingerprint density at radius 3 is 2.67 bits per heavy atom. The van der Waals surface area contributed by atoms with E-state index < -0.39 is 4.92 Å². The van der Waals surface area contributed by atoms with E-state index in [4.69, 9.17) is 10.9 Å². The zero-order valence-electron chi connectivity index (χ0n) is 11.2. The molecule has 3 N–H and O–H groups in total. The summed E-state index contributed by atoms with van der Waals surface area (Å²) in [5.41, 5.74) is 7.09. The maximum Gasteiger partial charge on any atom is 0.283 e. The molecule has 0 bridgehead atoms. The number of nitrogens with two attached hydrogens (primary N) is 1. The number of rotatable bonds is 4. The Morgan fingerprint density at radius 1 is 1.33 bits per heavy atom. The number of aryl methyl sites for hydroxylation is 1. The van der Waals surface area contributed by atoms with Crippen LogP contribution >= 0.6 is 11.8 Å². The fourth-order valence-electron chi connectivity index (χ4n) is 1.86. The second-order valence-electron chi connectivity index (χ2n) is 4.29. The van der Waals surface area contributed by atoms with Crippen LogP contribution < -0.4 is 5.73 Å². The molecule has 0 atom stereocenters. The molecule has 0 saturated heterocycles. The van der Waals surface area contributed by atoms with Crippen molar-refractivity contribution in [1.29, 1.82) is 0 Å². The third-order valence-corrected chi connectivity index (χ3v) is 3.93. The molecule has 0 amide bonds. The van der Waals surface area contributed by atoms with Crippen LogP contribution in [0.1, 0.15) is 11.1 Å². The van der Waals surface area contributed by atoms with E-state index in [-0.39, 0.29) is 11.5 Å². The van der Waals surface area contributed by atoms with Crippen LogP contribution in [0.2, 0.25) is 0 Å². The third kappa shape index (κ3) is 3.32. The summed E-state index contributed by atoms with van der Waals surface area (Å²) < 4.78 is 0. The molecule has 0 spiro atoms. The number of nitro benzene ring substituents is 1. The van der Waals surface area contributed by atoms with Crippen molar-refractivity contribution in [3.05, 3.63) is 63.7 Å². The molecule has 7 heteroatoms. The van der Waals surface area contributed by atoms with Gasteiger partial charge >= 0.3 is 0 Å². The van der Waals surface area contributed by atoms with E-state index in [0.717, 1.165) is 10.5 Å². The molecule has 0 aromatic heterocycles. The first-order valence-corrected chi connectivity index (χ1v) is 6.84. The maximum absolute atomic E-state index is 11.0. The Bertz CT molecular complexity index is 716. The minimum atomic E-state index is -0.403. The van der Waals surface area contributed by atoms with Crippen LogP contribution in [0.5, 0.6) is 0 Å². The molecule has 0 aliphatic carbocycles. The fourth-order valence-corrected chi connectivity index (χ4v) is 2.88. The van der Waals surface area contributed by atoms with Gasteiger partial charge in [-0.25, -0.2) is 0 Å². The summed E-state index contributed by atoms with van der Waals surface area (Å²) in [5.74, 6) is 0.0368. The van der Waals surface area contributed by atoms with E-state index in [0.29, 0.717) is 10.5 Å². The highest BCUT2D eigenvalue weighted by Crippen LogP contribution is 2.35. The van der Waals surface area contributed by atoms with Crippen molar-refractivity contribution in [2.24, 2.45) is 10.9 Å². The van der Waals surface area contributed by atoms with Gasteiger partial charge < -0.3 is 10.9 Å². The molecule has 0 unspecified atom stereocenters. The minimum Gasteiger partial charge on any atom is -0.409 e. The molecule has 6 nitrogen and oxygen atoms in total. The van der Waals surface area contributed by atoms with Crippen LogP contribution in [0.15, 0.2) is 57.4 Å². The average Bonchev–Trinajstić information content (AvgIpc) is 2.47. The molecule has 0 saturated carbocycles. The molecule has 0 aliphatic rings. The molecule has 2 aromatic carbocycles. The van der Waals surface area contributed by atoms with Crippen LogP contribution in [-0.2, 0) is 0 Å². The number of nitrogens with zero attached hydrogens (tertiary/aromatic N) is 2. The van der Waals surface area contributed by atoms with Crippen molar-refractivity contribution >= 4 is 23.3 Å². The summed E-state index contributed by atoms with van der Waals surface area (Å²) in [6.07, 6.45) is 0. The Balaban J connectivity index is 2.33. The van der Waals surface area contributed by atoms with E-state index in [2.05, 4.69) is 5.16 Å². The number of para-hydroxylation sites is 1. The monoisotopic (exact) mass is 303 g/mol. The molecule has 0 fully saturated rings.